The van der Waals surface area contributed by atoms with Gasteiger partial charge in [0.2, 0.25) is 0 Å². The van der Waals surface area contributed by atoms with Crippen LogP contribution in [-0.4, -0.2) is 14.8 Å². The van der Waals surface area contributed by atoms with Gasteiger partial charge in [-0.1, -0.05) is 0 Å². The second-order valence-electron chi connectivity index (χ2n) is 3.57. The third-order valence-electron chi connectivity index (χ3n) is 2.57. The van der Waals surface area contributed by atoms with Gasteiger partial charge in [-0.15, -0.1) is 0 Å². The van der Waals surface area contributed by atoms with Gasteiger partial charge < -0.3 is 5.73 Å². The fourth-order valence-corrected chi connectivity index (χ4v) is 2.26. The van der Waals surface area contributed by atoms with Crippen molar-refractivity contribution >= 4 is 15.9 Å². The van der Waals surface area contributed by atoms with Crippen LogP contribution < -0.4 is 5.73 Å². The molecule has 2 aromatic heterocycles. The summed E-state index contributed by atoms with van der Waals surface area (Å²) in [6.45, 7) is 2.64. The Morgan fingerprint density at radius 1 is 1.53 bits per heavy atom. The standard InChI is InChI=1S/C11H12BrFN4/c1-2-17-11(8(12)5-16-17)10(14)7-3-4-15-6-9(7)13/h3-6,10H,2,14H2,1H3. The monoisotopic (exact) mass is 298 g/mol. The van der Waals surface area contributed by atoms with Crippen LogP contribution in [0.2, 0.25) is 0 Å². The summed E-state index contributed by atoms with van der Waals surface area (Å²) in [4.78, 5) is 3.71. The molecular weight excluding hydrogens is 287 g/mol. The van der Waals surface area contributed by atoms with Crippen LogP contribution in [0.3, 0.4) is 0 Å². The van der Waals surface area contributed by atoms with Crippen LogP contribution in [0.1, 0.15) is 24.2 Å². The van der Waals surface area contributed by atoms with E-state index in [-0.39, 0.29) is 0 Å². The smallest absolute Gasteiger partial charge is 0.146 e. The lowest BCUT2D eigenvalue weighted by Gasteiger charge is -2.15. The molecule has 0 fully saturated rings. The molecule has 4 nitrogen and oxygen atoms in total. The lowest BCUT2D eigenvalue weighted by atomic mass is 10.1. The summed E-state index contributed by atoms with van der Waals surface area (Å²) in [6.07, 6.45) is 4.35. The lowest BCUT2D eigenvalue weighted by Crippen LogP contribution is -2.19. The van der Waals surface area contributed by atoms with Crippen LogP contribution in [-0.2, 0) is 6.54 Å². The molecular formula is C11H12BrFN4. The molecule has 1 unspecified atom stereocenters. The summed E-state index contributed by atoms with van der Waals surface area (Å²) in [5, 5.41) is 4.16. The lowest BCUT2D eigenvalue weighted by molar-refractivity contribution is 0.563. The number of halogens is 2. The van der Waals surface area contributed by atoms with Gasteiger partial charge in [-0.25, -0.2) is 4.39 Å². The highest BCUT2D eigenvalue weighted by Gasteiger charge is 2.20. The van der Waals surface area contributed by atoms with Crippen LogP contribution in [0.15, 0.2) is 29.1 Å². The van der Waals surface area contributed by atoms with Crippen molar-refractivity contribution in [3.05, 3.63) is 46.2 Å². The first-order chi connectivity index (χ1) is 8.15. The number of nitrogens with two attached hydrogens (primary N) is 1. The second kappa shape index (κ2) is 4.93. The molecule has 0 spiro atoms. The Kier molecular flexibility index (Phi) is 3.54. The maximum Gasteiger partial charge on any atom is 0.146 e. The number of nitrogens with zero attached hydrogens (tertiary/aromatic N) is 3. The third kappa shape index (κ3) is 2.23. The number of hydrogen-bond acceptors (Lipinski definition) is 3. The third-order valence-corrected chi connectivity index (χ3v) is 3.18. The van der Waals surface area contributed by atoms with E-state index in [0.717, 1.165) is 16.4 Å². The summed E-state index contributed by atoms with van der Waals surface area (Å²) in [6, 6.07) is 1.02. The Hall–Kier alpha value is -1.27. The highest BCUT2D eigenvalue weighted by Crippen LogP contribution is 2.27. The van der Waals surface area contributed by atoms with Gasteiger partial charge in [0.25, 0.3) is 0 Å². The van der Waals surface area contributed by atoms with E-state index in [0.29, 0.717) is 12.1 Å². The van der Waals surface area contributed by atoms with E-state index in [9.17, 15) is 4.39 Å². The number of aryl methyl sites for hydroxylation is 1. The van der Waals surface area contributed by atoms with Gasteiger partial charge in [-0.3, -0.25) is 9.67 Å². The maximum absolute atomic E-state index is 13.6. The van der Waals surface area contributed by atoms with Crippen molar-refractivity contribution in [2.75, 3.05) is 0 Å². The predicted octanol–water partition coefficient (Wildman–Crippen LogP) is 2.25. The average Bonchev–Trinajstić information content (AvgIpc) is 2.70. The summed E-state index contributed by atoms with van der Waals surface area (Å²) in [5.74, 6) is -0.407. The Labute approximate surface area is 107 Å². The van der Waals surface area contributed by atoms with E-state index >= 15 is 0 Å². The minimum absolute atomic E-state index is 0.407. The van der Waals surface area contributed by atoms with Crippen molar-refractivity contribution in [2.45, 2.75) is 19.5 Å². The minimum Gasteiger partial charge on any atom is -0.319 e. The van der Waals surface area contributed by atoms with E-state index in [1.54, 1.807) is 16.9 Å². The first-order valence-corrected chi connectivity index (χ1v) is 6.00. The van der Waals surface area contributed by atoms with Crippen molar-refractivity contribution < 1.29 is 4.39 Å². The van der Waals surface area contributed by atoms with Crippen molar-refractivity contribution in [3.63, 3.8) is 0 Å². The zero-order valence-corrected chi connectivity index (χ0v) is 10.9. The van der Waals surface area contributed by atoms with Gasteiger partial charge in [0.1, 0.15) is 5.82 Å². The number of pyridine rings is 1. The molecule has 2 aromatic rings. The second-order valence-corrected chi connectivity index (χ2v) is 4.42. The van der Waals surface area contributed by atoms with Crippen molar-refractivity contribution in [3.8, 4) is 0 Å². The van der Waals surface area contributed by atoms with E-state index in [2.05, 4.69) is 26.0 Å². The summed E-state index contributed by atoms with van der Waals surface area (Å²) in [7, 11) is 0. The van der Waals surface area contributed by atoms with Gasteiger partial charge in [0, 0.05) is 18.3 Å². The first kappa shape index (κ1) is 12.2. The van der Waals surface area contributed by atoms with Gasteiger partial charge in [-0.05, 0) is 28.9 Å². The predicted molar refractivity (Wildman–Crippen MR) is 65.8 cm³/mol. The first-order valence-electron chi connectivity index (χ1n) is 5.21. The molecule has 1 atom stereocenters. The van der Waals surface area contributed by atoms with Gasteiger partial charge in [0.15, 0.2) is 0 Å². The summed E-state index contributed by atoms with van der Waals surface area (Å²) >= 11 is 3.38. The van der Waals surface area contributed by atoms with Crippen LogP contribution >= 0.6 is 15.9 Å². The molecule has 0 bridgehead atoms. The van der Waals surface area contributed by atoms with Crippen LogP contribution in [0.25, 0.3) is 0 Å². The normalized spacial score (nSPS) is 12.7. The molecule has 6 heteroatoms. The molecule has 0 aromatic carbocycles. The van der Waals surface area contributed by atoms with Crippen molar-refractivity contribution in [1.29, 1.82) is 0 Å². The Balaban J connectivity index is 2.47. The molecule has 17 heavy (non-hydrogen) atoms. The van der Waals surface area contributed by atoms with Crippen LogP contribution in [0.4, 0.5) is 4.39 Å². The molecule has 0 aliphatic carbocycles. The van der Waals surface area contributed by atoms with Crippen molar-refractivity contribution in [1.82, 2.24) is 14.8 Å². The number of aromatic nitrogens is 3. The Morgan fingerprint density at radius 2 is 2.29 bits per heavy atom. The summed E-state index contributed by atoms with van der Waals surface area (Å²) in [5.41, 5.74) is 7.25. The highest BCUT2D eigenvalue weighted by atomic mass is 79.9. The topological polar surface area (TPSA) is 56.7 Å². The molecule has 2 heterocycles. The maximum atomic E-state index is 13.6. The van der Waals surface area contributed by atoms with Gasteiger partial charge >= 0.3 is 0 Å². The van der Waals surface area contributed by atoms with Crippen molar-refractivity contribution in [2.24, 2.45) is 5.73 Å². The molecule has 0 amide bonds. The Bertz CT molecular complexity index is 526. The Morgan fingerprint density at radius 3 is 2.94 bits per heavy atom. The molecule has 0 saturated heterocycles. The largest absolute Gasteiger partial charge is 0.319 e. The van der Waals surface area contributed by atoms with E-state index in [1.807, 2.05) is 6.92 Å². The number of hydrogen-bond donors (Lipinski definition) is 1. The molecule has 2 N–H and O–H groups in total. The van der Waals surface area contributed by atoms with Gasteiger partial charge in [0.05, 0.1) is 28.6 Å². The zero-order valence-electron chi connectivity index (χ0n) is 9.27. The molecule has 0 aliphatic heterocycles. The molecule has 90 valence electrons. The molecule has 0 radical (unpaired) electrons. The molecule has 0 saturated carbocycles. The quantitative estimate of drug-likeness (QED) is 0.945. The SMILES string of the molecule is CCn1ncc(Br)c1C(N)c1ccncc1F. The fraction of sp³-hybridized carbons (Fsp3) is 0.273. The average molecular weight is 299 g/mol. The molecule has 2 rings (SSSR count). The zero-order chi connectivity index (χ0) is 12.4. The fourth-order valence-electron chi connectivity index (χ4n) is 1.72. The van der Waals surface area contributed by atoms with Gasteiger partial charge in [-0.2, -0.15) is 5.10 Å². The van der Waals surface area contributed by atoms with E-state index in [1.165, 1.54) is 6.20 Å². The highest BCUT2D eigenvalue weighted by molar-refractivity contribution is 9.10. The molecule has 0 aliphatic rings. The summed E-state index contributed by atoms with van der Waals surface area (Å²) < 4.78 is 16.1. The minimum atomic E-state index is -0.560. The number of rotatable bonds is 3. The van der Waals surface area contributed by atoms with E-state index < -0.39 is 11.9 Å². The van der Waals surface area contributed by atoms with E-state index in [4.69, 9.17) is 5.73 Å². The van der Waals surface area contributed by atoms with Crippen LogP contribution in [0, 0.1) is 5.82 Å². The van der Waals surface area contributed by atoms with Crippen LogP contribution in [0.5, 0.6) is 0 Å².